The highest BCUT2D eigenvalue weighted by Crippen LogP contribution is 2.60. The second-order valence-corrected chi connectivity index (χ2v) is 19.8. The number of benzene rings is 3. The van der Waals surface area contributed by atoms with E-state index < -0.39 is 31.6 Å². The molecule has 0 radical (unpaired) electrons. The first kappa shape index (κ1) is 36.6. The molecule has 52 heavy (non-hydrogen) atoms. The summed E-state index contributed by atoms with van der Waals surface area (Å²) in [5.41, 5.74) is 3.14. The first-order valence-corrected chi connectivity index (χ1v) is 22.2. The summed E-state index contributed by atoms with van der Waals surface area (Å²) in [5.74, 6) is -0.747. The summed E-state index contributed by atoms with van der Waals surface area (Å²) >= 11 is 3.63. The number of halogens is 2. The van der Waals surface area contributed by atoms with Gasteiger partial charge in [-0.15, -0.1) is 5.10 Å². The molecule has 4 aromatic rings. The second-order valence-electron chi connectivity index (χ2n) is 15.0. The van der Waals surface area contributed by atoms with E-state index in [0.29, 0.717) is 38.2 Å². The van der Waals surface area contributed by atoms with Crippen molar-refractivity contribution in [2.45, 2.75) is 94.8 Å². The van der Waals surface area contributed by atoms with Gasteiger partial charge in [0, 0.05) is 52.9 Å². The molecular weight excluding hydrogens is 741 g/mol. The van der Waals surface area contributed by atoms with Crippen molar-refractivity contribution < 1.29 is 23.5 Å². The molecule has 5 atom stereocenters. The molecule has 2 fully saturated rings. The largest absolute Gasteiger partial charge is 0.395 e. The predicted octanol–water partition coefficient (Wildman–Crippen LogP) is 7.87. The van der Waals surface area contributed by atoms with E-state index in [-0.39, 0.29) is 24.3 Å². The number of hydrogen-bond acceptors (Lipinski definition) is 6. The van der Waals surface area contributed by atoms with Crippen molar-refractivity contribution in [1.82, 2.24) is 15.0 Å². The maximum Gasteiger partial charge on any atom is 0.264 e. The van der Waals surface area contributed by atoms with Gasteiger partial charge in [0.25, 0.3) is 5.91 Å². The molecule has 4 heterocycles. The molecule has 2 saturated heterocycles. The molecule has 274 valence electrons. The number of aryl methyl sites for hydroxylation is 1. The Morgan fingerprint density at radius 2 is 1.79 bits per heavy atom. The standard InChI is InChI=1S/C40H47BrFN5O4Si/c1-27-38(52(2,3)42)36(20-22-45-25-34(43-44-45)32(26-48)29-11-7-6-8-12-29)51-40(27)33-23-30(41)16-19-35(33)47(39(40)50)24-28-14-17-31(18-15-28)46-21-10-5-4-9-13-37(46)49/h6-8,11-12,14-19,23,25,27,32,36,38,48H,4-5,9-10,13,20-22,24,26H2,1-3H3/t27-,32?,36+,38-,40+/m0/s1. The van der Waals surface area contributed by atoms with Crippen LogP contribution < -0.4 is 9.80 Å². The summed E-state index contributed by atoms with van der Waals surface area (Å²) in [7, 11) is -3.36. The zero-order valence-electron chi connectivity index (χ0n) is 30.0. The summed E-state index contributed by atoms with van der Waals surface area (Å²) in [6, 6.07) is 23.5. The third-order valence-electron chi connectivity index (χ3n) is 11.3. The lowest BCUT2D eigenvalue weighted by Gasteiger charge is -2.31. The van der Waals surface area contributed by atoms with E-state index >= 15 is 4.11 Å². The smallest absolute Gasteiger partial charge is 0.264 e. The molecule has 3 aromatic carbocycles. The van der Waals surface area contributed by atoms with Crippen LogP contribution in [0.15, 0.2) is 83.5 Å². The topological polar surface area (TPSA) is 101 Å². The number of anilines is 2. The molecule has 0 saturated carbocycles. The minimum absolute atomic E-state index is 0.103. The predicted molar refractivity (Wildman–Crippen MR) is 205 cm³/mol. The number of aliphatic hydroxyl groups is 1. The number of nitrogens with zero attached hydrogens (tertiary/aromatic N) is 5. The van der Waals surface area contributed by atoms with Gasteiger partial charge in [-0.25, -0.2) is 0 Å². The van der Waals surface area contributed by atoms with Crippen LogP contribution in [0.4, 0.5) is 15.5 Å². The quantitative estimate of drug-likeness (QED) is 0.130. The number of aromatic nitrogens is 3. The maximum atomic E-state index is 16.4. The van der Waals surface area contributed by atoms with E-state index in [1.807, 2.05) is 90.8 Å². The minimum Gasteiger partial charge on any atom is -0.395 e. The van der Waals surface area contributed by atoms with Crippen molar-refractivity contribution >= 4 is 47.5 Å². The minimum atomic E-state index is -3.36. The fourth-order valence-electron chi connectivity index (χ4n) is 8.74. The number of aliphatic hydroxyl groups excluding tert-OH is 1. The Morgan fingerprint density at radius 3 is 2.52 bits per heavy atom. The second kappa shape index (κ2) is 15.0. The normalized spacial score (nSPS) is 24.3. The summed E-state index contributed by atoms with van der Waals surface area (Å²) < 4.78 is 25.9. The molecule has 1 aromatic heterocycles. The Kier molecular flexibility index (Phi) is 10.5. The molecule has 0 aliphatic carbocycles. The highest BCUT2D eigenvalue weighted by molar-refractivity contribution is 9.10. The summed E-state index contributed by atoms with van der Waals surface area (Å²) in [5, 5.41) is 18.9. The number of carbonyl (C=O) groups excluding carboxylic acids is 2. The average molecular weight is 789 g/mol. The average Bonchev–Trinajstić information content (AvgIpc) is 3.77. The maximum absolute atomic E-state index is 16.4. The highest BCUT2D eigenvalue weighted by atomic mass is 79.9. The molecule has 0 bridgehead atoms. The van der Waals surface area contributed by atoms with Gasteiger partial charge in [0.05, 0.1) is 36.6 Å². The van der Waals surface area contributed by atoms with Gasteiger partial charge in [-0.2, -0.15) is 0 Å². The summed E-state index contributed by atoms with van der Waals surface area (Å²) in [6.45, 7) is 6.74. The van der Waals surface area contributed by atoms with Crippen LogP contribution in [0.5, 0.6) is 0 Å². The molecule has 2 amide bonds. The van der Waals surface area contributed by atoms with Crippen LogP contribution in [0.1, 0.15) is 73.8 Å². The van der Waals surface area contributed by atoms with E-state index in [4.69, 9.17) is 4.74 Å². The molecule has 1 N–H and O–H groups in total. The molecule has 9 nitrogen and oxygen atoms in total. The Hall–Kier alpha value is -3.71. The summed E-state index contributed by atoms with van der Waals surface area (Å²) in [6.07, 6.45) is 6.45. The van der Waals surface area contributed by atoms with E-state index in [2.05, 4.69) is 26.2 Å². The van der Waals surface area contributed by atoms with Gasteiger partial charge in [-0.1, -0.05) is 83.4 Å². The zero-order valence-corrected chi connectivity index (χ0v) is 32.6. The van der Waals surface area contributed by atoms with Gasteiger partial charge < -0.3 is 23.8 Å². The van der Waals surface area contributed by atoms with Gasteiger partial charge in [-0.3, -0.25) is 14.3 Å². The Bertz CT molecular complexity index is 1900. The van der Waals surface area contributed by atoms with Crippen molar-refractivity contribution in [2.75, 3.05) is 23.0 Å². The number of carbonyl (C=O) groups is 2. The van der Waals surface area contributed by atoms with Crippen molar-refractivity contribution in [3.8, 4) is 0 Å². The van der Waals surface area contributed by atoms with E-state index in [0.717, 1.165) is 58.2 Å². The first-order valence-electron chi connectivity index (χ1n) is 18.4. The lowest BCUT2D eigenvalue weighted by molar-refractivity contribution is -0.146. The fourth-order valence-corrected chi connectivity index (χ4v) is 11.6. The van der Waals surface area contributed by atoms with E-state index in [9.17, 15) is 14.7 Å². The lowest BCUT2D eigenvalue weighted by Crippen LogP contribution is -2.45. The monoisotopic (exact) mass is 787 g/mol. The fraction of sp³-hybridized carbons (Fsp3) is 0.450. The van der Waals surface area contributed by atoms with Gasteiger partial charge in [0.2, 0.25) is 14.3 Å². The molecule has 3 aliphatic heterocycles. The Labute approximate surface area is 314 Å². The van der Waals surface area contributed by atoms with E-state index in [1.54, 1.807) is 22.7 Å². The molecule has 1 unspecified atom stereocenters. The molecule has 1 spiro atoms. The van der Waals surface area contributed by atoms with Crippen LogP contribution >= 0.6 is 15.9 Å². The van der Waals surface area contributed by atoms with Crippen LogP contribution in [0, 0.1) is 5.92 Å². The van der Waals surface area contributed by atoms with Crippen molar-refractivity contribution in [3.63, 3.8) is 0 Å². The van der Waals surface area contributed by atoms with Gasteiger partial charge >= 0.3 is 0 Å². The van der Waals surface area contributed by atoms with Gasteiger partial charge in [-0.05, 0) is 73.8 Å². The molecule has 3 aliphatic rings. The van der Waals surface area contributed by atoms with E-state index in [1.165, 1.54) is 0 Å². The van der Waals surface area contributed by atoms with Crippen LogP contribution in [0.25, 0.3) is 0 Å². The van der Waals surface area contributed by atoms with Crippen LogP contribution in [-0.4, -0.2) is 59.6 Å². The third kappa shape index (κ3) is 6.90. The molecule has 12 heteroatoms. The van der Waals surface area contributed by atoms with Gasteiger partial charge in [0.15, 0.2) is 5.60 Å². The van der Waals surface area contributed by atoms with Crippen molar-refractivity contribution in [1.29, 1.82) is 0 Å². The van der Waals surface area contributed by atoms with Crippen LogP contribution in [0.3, 0.4) is 0 Å². The zero-order chi connectivity index (χ0) is 36.6. The SMILES string of the molecule is C[C@H]1[C@H]([Si](C)(C)F)[C@@H](CCn2cc(C(CO)c3ccccc3)nn2)O[C@]12C(=O)N(Cc1ccc(N3CCCCCCC3=O)cc1)c1ccc(Br)cc12. The Balaban J connectivity index is 1.14. The molecular formula is C40H47BrFN5O4Si. The third-order valence-corrected chi connectivity index (χ3v) is 14.2. The summed E-state index contributed by atoms with van der Waals surface area (Å²) in [4.78, 5) is 31.4. The first-order chi connectivity index (χ1) is 25.0. The van der Waals surface area contributed by atoms with Crippen LogP contribution in [0.2, 0.25) is 18.6 Å². The van der Waals surface area contributed by atoms with Crippen LogP contribution in [-0.2, 0) is 33.0 Å². The number of rotatable bonds is 10. The highest BCUT2D eigenvalue weighted by Gasteiger charge is 2.66. The number of amides is 2. The number of hydrogen-bond donors (Lipinski definition) is 1. The van der Waals surface area contributed by atoms with Gasteiger partial charge in [0.1, 0.15) is 0 Å². The number of fused-ring (bicyclic) bond motifs is 2. The van der Waals surface area contributed by atoms with Crippen molar-refractivity contribution in [3.05, 3.63) is 106 Å². The molecule has 7 rings (SSSR count). The number of ether oxygens (including phenoxy) is 1. The van der Waals surface area contributed by atoms with Crippen molar-refractivity contribution in [2.24, 2.45) is 5.92 Å². The Morgan fingerprint density at radius 1 is 1.04 bits per heavy atom. The lowest BCUT2D eigenvalue weighted by atomic mass is 9.82.